The molecule has 0 amide bonds. The van der Waals surface area contributed by atoms with E-state index in [1.54, 1.807) is 6.92 Å². The van der Waals surface area contributed by atoms with Crippen LogP contribution < -0.4 is 10.5 Å². The Labute approximate surface area is 222 Å². The maximum atomic E-state index is 13.6. The fourth-order valence-corrected chi connectivity index (χ4v) is 5.75. The molecule has 2 aliphatic carbocycles. The van der Waals surface area contributed by atoms with Gasteiger partial charge in [-0.2, -0.15) is 0 Å². The number of rotatable bonds is 5. The van der Waals surface area contributed by atoms with Crippen LogP contribution >= 0.6 is 0 Å². The number of nitrogens with two attached hydrogens (primary N) is 1. The van der Waals surface area contributed by atoms with Crippen LogP contribution in [0.4, 0.5) is 0 Å². The fraction of sp³-hybridized carbons (Fsp3) is 0.444. The van der Waals surface area contributed by atoms with Gasteiger partial charge < -0.3 is 45.5 Å². The van der Waals surface area contributed by atoms with Crippen LogP contribution in [0.1, 0.15) is 68.8 Å². The number of aliphatic hydroxyl groups excluding tert-OH is 2. The molecule has 7 N–H and O–H groups in total. The smallest absolute Gasteiger partial charge is 0.202 e. The predicted octanol–water partition coefficient (Wildman–Crippen LogP) is 0.00130. The SMILES string of the molecule is COc1cccc2c1C(=O)c1c(O)c3c(c(O)c1C2=O)C[C@@](O)(C(=O)CO)C[C@H]3O[C@H]1C[C@H](N)[C@H](O)[C@@H](C)O1. The highest BCUT2D eigenvalue weighted by atomic mass is 16.7. The van der Waals surface area contributed by atoms with Crippen molar-refractivity contribution < 1.29 is 54.1 Å². The number of methoxy groups -OCH3 is 1. The van der Waals surface area contributed by atoms with Crippen molar-refractivity contribution in [3.05, 3.63) is 51.6 Å². The summed E-state index contributed by atoms with van der Waals surface area (Å²) in [6.45, 7) is 0.560. The minimum atomic E-state index is -2.24. The summed E-state index contributed by atoms with van der Waals surface area (Å²) in [5.41, 5.74) is 2.37. The molecule has 12 heteroatoms. The number of Topliss-reactive ketones (excluding diaryl/α,β-unsaturated/α-hetero) is 1. The normalized spacial score (nSPS) is 29.8. The first-order chi connectivity index (χ1) is 18.4. The van der Waals surface area contributed by atoms with Gasteiger partial charge in [-0.25, -0.2) is 0 Å². The van der Waals surface area contributed by atoms with E-state index in [9.17, 15) is 39.9 Å². The van der Waals surface area contributed by atoms with E-state index in [1.807, 2.05) is 0 Å². The molecule has 1 aliphatic heterocycles. The molecule has 0 aromatic heterocycles. The molecule has 208 valence electrons. The van der Waals surface area contributed by atoms with Crippen LogP contribution in [0.3, 0.4) is 0 Å². The van der Waals surface area contributed by atoms with Gasteiger partial charge in [0.25, 0.3) is 0 Å². The molecule has 39 heavy (non-hydrogen) atoms. The number of phenols is 2. The summed E-state index contributed by atoms with van der Waals surface area (Å²) in [6, 6.07) is 3.64. The Bertz CT molecular complexity index is 1380. The van der Waals surface area contributed by atoms with Gasteiger partial charge in [0.05, 0.1) is 42.1 Å². The minimum absolute atomic E-state index is 0.0173. The van der Waals surface area contributed by atoms with Crippen molar-refractivity contribution in [3.8, 4) is 17.2 Å². The summed E-state index contributed by atoms with van der Waals surface area (Å²) in [5, 5.41) is 53.7. The molecule has 5 rings (SSSR count). The van der Waals surface area contributed by atoms with Gasteiger partial charge in [-0.1, -0.05) is 12.1 Å². The molecule has 6 atom stereocenters. The Morgan fingerprint density at radius 3 is 2.49 bits per heavy atom. The first-order valence-electron chi connectivity index (χ1n) is 12.4. The first-order valence-corrected chi connectivity index (χ1v) is 12.4. The number of aliphatic hydroxyl groups is 3. The Kier molecular flexibility index (Phi) is 6.74. The quantitative estimate of drug-likeness (QED) is 0.235. The highest BCUT2D eigenvalue weighted by molar-refractivity contribution is 6.31. The van der Waals surface area contributed by atoms with Gasteiger partial charge in [0.1, 0.15) is 29.5 Å². The van der Waals surface area contributed by atoms with Crippen molar-refractivity contribution in [2.24, 2.45) is 5.73 Å². The van der Waals surface area contributed by atoms with Gasteiger partial charge in [-0.15, -0.1) is 0 Å². The number of hydrogen-bond acceptors (Lipinski definition) is 12. The zero-order chi connectivity index (χ0) is 28.4. The van der Waals surface area contributed by atoms with Gasteiger partial charge in [0.15, 0.2) is 17.9 Å². The summed E-state index contributed by atoms with van der Waals surface area (Å²) in [5.74, 6) is -3.77. The Morgan fingerprint density at radius 2 is 1.85 bits per heavy atom. The summed E-state index contributed by atoms with van der Waals surface area (Å²) in [6.07, 6.45) is -5.12. The topological polar surface area (TPSA) is 206 Å². The van der Waals surface area contributed by atoms with Crippen molar-refractivity contribution in [1.29, 1.82) is 0 Å². The van der Waals surface area contributed by atoms with Crippen molar-refractivity contribution >= 4 is 17.3 Å². The third-order valence-corrected chi connectivity index (χ3v) is 7.81. The molecular weight excluding hydrogens is 514 g/mol. The van der Waals surface area contributed by atoms with Crippen molar-refractivity contribution in [3.63, 3.8) is 0 Å². The molecule has 12 nitrogen and oxygen atoms in total. The monoisotopic (exact) mass is 543 g/mol. The first kappa shape index (κ1) is 27.2. The van der Waals surface area contributed by atoms with Gasteiger partial charge in [-0.05, 0) is 13.0 Å². The summed E-state index contributed by atoms with van der Waals surface area (Å²) in [4.78, 5) is 39.7. The number of aromatic hydroxyl groups is 2. The zero-order valence-electron chi connectivity index (χ0n) is 21.2. The van der Waals surface area contributed by atoms with E-state index in [4.69, 9.17) is 19.9 Å². The van der Waals surface area contributed by atoms with E-state index >= 15 is 0 Å². The Morgan fingerprint density at radius 1 is 1.15 bits per heavy atom. The van der Waals surface area contributed by atoms with Crippen molar-refractivity contribution in [1.82, 2.24) is 0 Å². The molecule has 0 bridgehead atoms. The second-order valence-electron chi connectivity index (χ2n) is 10.2. The molecule has 1 fully saturated rings. The number of carbonyl (C=O) groups excluding carboxylic acids is 3. The average Bonchev–Trinajstić information content (AvgIpc) is 2.90. The van der Waals surface area contributed by atoms with Crippen LogP contribution in [-0.4, -0.2) is 86.7 Å². The second-order valence-corrected chi connectivity index (χ2v) is 10.2. The van der Waals surface area contributed by atoms with Crippen LogP contribution in [0, 0.1) is 0 Å². The third-order valence-electron chi connectivity index (χ3n) is 7.81. The summed E-state index contributed by atoms with van der Waals surface area (Å²) >= 11 is 0. The number of ketones is 3. The van der Waals surface area contributed by atoms with Gasteiger partial charge in [0, 0.05) is 42.0 Å². The van der Waals surface area contributed by atoms with Crippen LogP contribution in [0.15, 0.2) is 18.2 Å². The molecule has 0 unspecified atom stereocenters. The lowest BCUT2D eigenvalue weighted by atomic mass is 9.72. The maximum absolute atomic E-state index is 13.6. The lowest BCUT2D eigenvalue weighted by Gasteiger charge is -2.42. The van der Waals surface area contributed by atoms with Crippen LogP contribution in [0.25, 0.3) is 0 Å². The maximum Gasteiger partial charge on any atom is 0.202 e. The largest absolute Gasteiger partial charge is 0.507 e. The highest BCUT2D eigenvalue weighted by Gasteiger charge is 2.50. The number of carbonyl (C=O) groups is 3. The van der Waals surface area contributed by atoms with Crippen LogP contribution in [0.2, 0.25) is 0 Å². The van der Waals surface area contributed by atoms with E-state index in [-0.39, 0.29) is 34.4 Å². The molecule has 1 saturated heterocycles. The van der Waals surface area contributed by atoms with E-state index in [1.165, 1.54) is 25.3 Å². The molecule has 0 radical (unpaired) electrons. The van der Waals surface area contributed by atoms with Crippen LogP contribution in [0.5, 0.6) is 17.2 Å². The number of fused-ring (bicyclic) bond motifs is 3. The highest BCUT2D eigenvalue weighted by Crippen LogP contribution is 2.52. The zero-order valence-corrected chi connectivity index (χ0v) is 21.2. The van der Waals surface area contributed by atoms with Crippen LogP contribution in [-0.2, 0) is 20.7 Å². The molecule has 2 aromatic carbocycles. The van der Waals surface area contributed by atoms with E-state index in [0.717, 1.165) is 0 Å². The summed E-state index contributed by atoms with van der Waals surface area (Å²) < 4.78 is 17.0. The van der Waals surface area contributed by atoms with E-state index in [2.05, 4.69) is 0 Å². The van der Waals surface area contributed by atoms with Gasteiger partial charge in [0.2, 0.25) is 5.78 Å². The molecular formula is C27H29NO11. The second kappa shape index (κ2) is 9.66. The average molecular weight is 544 g/mol. The Hall–Kier alpha value is -3.39. The molecule has 3 aliphatic rings. The van der Waals surface area contributed by atoms with Crippen molar-refractivity contribution in [2.45, 2.75) is 62.4 Å². The lowest BCUT2D eigenvalue weighted by molar-refractivity contribution is -0.247. The van der Waals surface area contributed by atoms with E-state index < -0.39 is 95.7 Å². The van der Waals surface area contributed by atoms with Crippen molar-refractivity contribution in [2.75, 3.05) is 13.7 Å². The molecule has 0 saturated carbocycles. The fourth-order valence-electron chi connectivity index (χ4n) is 5.75. The number of ether oxygens (including phenoxy) is 3. The molecule has 0 spiro atoms. The third kappa shape index (κ3) is 4.11. The molecule has 1 heterocycles. The lowest BCUT2D eigenvalue weighted by Crippen LogP contribution is -2.53. The summed E-state index contributed by atoms with van der Waals surface area (Å²) in [7, 11) is 1.32. The number of benzene rings is 2. The number of phenolic OH excluding ortho intramolecular Hbond substituents is 2. The molecule has 2 aromatic rings. The standard InChI is InChI=1S/C27H29NO11/c1-10-22(31)13(28)6-17(38-10)39-15-8-27(36,16(30)9-29)7-12-19(15)26(35)21-20(24(12)33)23(32)11-4-3-5-14(37-2)18(11)25(21)34/h3-5,10,13,15,17,22,29,31,33,35-36H,6-9,28H2,1-2H3/t10-,13+,15-,17+,22-,27+/m1/s1. The minimum Gasteiger partial charge on any atom is -0.507 e. The van der Waals surface area contributed by atoms with Gasteiger partial charge in [-0.3, -0.25) is 14.4 Å². The number of hydrogen-bond donors (Lipinski definition) is 6. The Balaban J connectivity index is 1.69. The predicted molar refractivity (Wildman–Crippen MR) is 132 cm³/mol. The van der Waals surface area contributed by atoms with E-state index in [0.29, 0.717) is 0 Å². The van der Waals surface area contributed by atoms with Gasteiger partial charge >= 0.3 is 0 Å².